The molecule has 6 heteroatoms. The molecule has 0 saturated heterocycles. The predicted molar refractivity (Wildman–Crippen MR) is 92.7 cm³/mol. The molecule has 1 heterocycles. The average Bonchev–Trinajstić information content (AvgIpc) is 2.81. The number of hydrogen-bond acceptors (Lipinski definition) is 2. The van der Waals surface area contributed by atoms with Crippen LogP contribution in [0.5, 0.6) is 0 Å². The van der Waals surface area contributed by atoms with Gasteiger partial charge in [-0.2, -0.15) is 9.49 Å². The molecule has 0 aliphatic carbocycles. The van der Waals surface area contributed by atoms with E-state index in [0.717, 1.165) is 15.8 Å². The van der Waals surface area contributed by atoms with Gasteiger partial charge in [0.2, 0.25) is 5.95 Å². The first-order valence-electron chi connectivity index (χ1n) is 7.33. The van der Waals surface area contributed by atoms with Crippen molar-refractivity contribution in [2.24, 2.45) is 7.05 Å². The van der Waals surface area contributed by atoms with E-state index < -0.39 is 11.9 Å². The summed E-state index contributed by atoms with van der Waals surface area (Å²) >= 11 is 5.92. The first kappa shape index (κ1) is 16.2. The van der Waals surface area contributed by atoms with Crippen LogP contribution < -0.4 is 5.32 Å². The van der Waals surface area contributed by atoms with Gasteiger partial charge in [-0.3, -0.25) is 4.79 Å². The highest BCUT2D eigenvalue weighted by Gasteiger charge is 2.21. The van der Waals surface area contributed by atoms with Gasteiger partial charge in [0.15, 0.2) is 0 Å². The number of halogens is 2. The van der Waals surface area contributed by atoms with Gasteiger partial charge < -0.3 is 5.32 Å². The van der Waals surface area contributed by atoms with Crippen molar-refractivity contribution in [3.8, 4) is 11.1 Å². The minimum Gasteiger partial charge on any atom is -0.321 e. The van der Waals surface area contributed by atoms with Crippen LogP contribution in [0, 0.1) is 12.9 Å². The maximum Gasteiger partial charge on any atom is 0.262 e. The fraction of sp³-hybridized carbons (Fsp3) is 0.111. The van der Waals surface area contributed by atoms with Crippen molar-refractivity contribution < 1.29 is 9.18 Å². The second-order valence-corrected chi connectivity index (χ2v) is 5.82. The van der Waals surface area contributed by atoms with Crippen LogP contribution in [0.1, 0.15) is 16.1 Å². The summed E-state index contributed by atoms with van der Waals surface area (Å²) in [5.74, 6) is -1.19. The van der Waals surface area contributed by atoms with Crippen LogP contribution >= 0.6 is 11.6 Å². The van der Waals surface area contributed by atoms with Gasteiger partial charge in [0.1, 0.15) is 5.56 Å². The number of nitrogens with zero attached hydrogens (tertiary/aromatic N) is 2. The summed E-state index contributed by atoms with van der Waals surface area (Å²) in [5.41, 5.74) is 2.61. The Bertz CT molecular complexity index is 903. The smallest absolute Gasteiger partial charge is 0.262 e. The second kappa shape index (κ2) is 6.45. The third kappa shape index (κ3) is 3.03. The quantitative estimate of drug-likeness (QED) is 0.764. The van der Waals surface area contributed by atoms with Crippen molar-refractivity contribution in [2.75, 3.05) is 5.32 Å². The molecule has 4 nitrogen and oxygen atoms in total. The number of rotatable bonds is 3. The fourth-order valence-electron chi connectivity index (χ4n) is 2.55. The molecule has 0 atom stereocenters. The molecule has 0 aliphatic heterocycles. The van der Waals surface area contributed by atoms with E-state index in [0.29, 0.717) is 16.4 Å². The summed E-state index contributed by atoms with van der Waals surface area (Å²) in [6, 6.07) is 14.6. The predicted octanol–water partition coefficient (Wildman–Crippen LogP) is 4.44. The van der Waals surface area contributed by atoms with Gasteiger partial charge in [-0.15, -0.1) is 0 Å². The molecular weight excluding hydrogens is 329 g/mol. The van der Waals surface area contributed by atoms with Crippen LogP contribution in [0.25, 0.3) is 11.1 Å². The lowest BCUT2D eigenvalue weighted by Gasteiger charge is -2.11. The lowest BCUT2D eigenvalue weighted by atomic mass is 10.0. The molecule has 3 aromatic rings. The summed E-state index contributed by atoms with van der Waals surface area (Å²) in [6.45, 7) is 1.60. The van der Waals surface area contributed by atoms with E-state index in [1.54, 1.807) is 25.1 Å². The normalized spacial score (nSPS) is 10.7. The van der Waals surface area contributed by atoms with Gasteiger partial charge in [0.25, 0.3) is 5.91 Å². The van der Waals surface area contributed by atoms with Crippen LogP contribution in [-0.2, 0) is 7.05 Å². The molecule has 0 fully saturated rings. The summed E-state index contributed by atoms with van der Waals surface area (Å²) in [4.78, 5) is 12.5. The molecule has 1 N–H and O–H groups in total. The lowest BCUT2D eigenvalue weighted by Crippen LogP contribution is -2.15. The summed E-state index contributed by atoms with van der Waals surface area (Å²) < 4.78 is 15.1. The number of amides is 1. The van der Waals surface area contributed by atoms with Crippen molar-refractivity contribution in [1.29, 1.82) is 0 Å². The van der Waals surface area contributed by atoms with Gasteiger partial charge in [-0.25, -0.2) is 4.68 Å². The second-order valence-electron chi connectivity index (χ2n) is 5.38. The van der Waals surface area contributed by atoms with E-state index in [4.69, 9.17) is 11.6 Å². The molecule has 0 bridgehead atoms. The molecule has 0 aliphatic rings. The molecule has 0 saturated carbocycles. The van der Waals surface area contributed by atoms with Gasteiger partial charge in [-0.1, -0.05) is 41.9 Å². The maximum absolute atomic E-state index is 14.1. The Morgan fingerprint density at radius 2 is 1.83 bits per heavy atom. The molecular formula is C18H15ClFN3O. The zero-order valence-electron chi connectivity index (χ0n) is 13.2. The highest BCUT2D eigenvalue weighted by atomic mass is 35.5. The van der Waals surface area contributed by atoms with E-state index in [2.05, 4.69) is 10.4 Å². The topological polar surface area (TPSA) is 46.9 Å². The number of carbonyl (C=O) groups is 1. The van der Waals surface area contributed by atoms with E-state index in [-0.39, 0.29) is 5.56 Å². The van der Waals surface area contributed by atoms with Gasteiger partial charge in [-0.05, 0) is 30.7 Å². The van der Waals surface area contributed by atoms with Gasteiger partial charge in [0.05, 0.1) is 5.69 Å². The minimum atomic E-state index is -0.658. The summed E-state index contributed by atoms with van der Waals surface area (Å²) in [6.07, 6.45) is 0. The number of benzene rings is 2. The Hall–Kier alpha value is -2.66. The molecule has 0 radical (unpaired) electrons. The molecule has 3 rings (SSSR count). The molecule has 1 amide bonds. The number of hydrogen-bond donors (Lipinski definition) is 1. The Morgan fingerprint density at radius 3 is 2.46 bits per heavy atom. The zero-order valence-corrected chi connectivity index (χ0v) is 13.9. The van der Waals surface area contributed by atoms with Crippen molar-refractivity contribution >= 4 is 23.2 Å². The first-order chi connectivity index (χ1) is 11.5. The van der Waals surface area contributed by atoms with Crippen LogP contribution in [0.15, 0.2) is 48.5 Å². The fourth-order valence-corrected chi connectivity index (χ4v) is 2.67. The third-order valence-electron chi connectivity index (χ3n) is 3.71. The Labute approximate surface area is 143 Å². The monoisotopic (exact) mass is 343 g/mol. The maximum atomic E-state index is 14.1. The molecule has 122 valence electrons. The van der Waals surface area contributed by atoms with Crippen LogP contribution in [0.4, 0.5) is 10.1 Å². The number of anilines is 1. The first-order valence-corrected chi connectivity index (χ1v) is 7.70. The number of aryl methyl sites for hydroxylation is 2. The van der Waals surface area contributed by atoms with E-state index in [9.17, 15) is 9.18 Å². The molecule has 2 aromatic carbocycles. The van der Waals surface area contributed by atoms with Crippen molar-refractivity contribution in [3.05, 3.63) is 70.8 Å². The Kier molecular flexibility index (Phi) is 4.36. The average molecular weight is 344 g/mol. The summed E-state index contributed by atoms with van der Waals surface area (Å²) in [7, 11) is 1.46. The van der Waals surface area contributed by atoms with Crippen molar-refractivity contribution in [1.82, 2.24) is 9.78 Å². The van der Waals surface area contributed by atoms with Crippen molar-refractivity contribution in [3.63, 3.8) is 0 Å². The highest BCUT2D eigenvalue weighted by Crippen LogP contribution is 2.29. The molecule has 0 unspecified atom stereocenters. The molecule has 0 spiro atoms. The van der Waals surface area contributed by atoms with Gasteiger partial charge in [0, 0.05) is 23.3 Å². The van der Waals surface area contributed by atoms with Crippen LogP contribution in [0.3, 0.4) is 0 Å². The SMILES string of the molecule is Cc1nn(C)c(F)c1C(=O)Nc1ccccc1-c1ccc(Cl)cc1. The minimum absolute atomic E-state index is 0.0524. The molecule has 1 aromatic heterocycles. The van der Waals surface area contributed by atoms with Crippen molar-refractivity contribution in [2.45, 2.75) is 6.92 Å². The standard InChI is InChI=1S/C18H15ClFN3O/c1-11-16(17(20)23(2)22-11)18(24)21-15-6-4-3-5-14(15)12-7-9-13(19)10-8-12/h3-10H,1-2H3,(H,21,24). The highest BCUT2D eigenvalue weighted by molar-refractivity contribution is 6.30. The van der Waals surface area contributed by atoms with Crippen LogP contribution in [-0.4, -0.2) is 15.7 Å². The number of carbonyl (C=O) groups excluding carboxylic acids is 1. The largest absolute Gasteiger partial charge is 0.321 e. The van der Waals surface area contributed by atoms with E-state index in [1.807, 2.05) is 30.3 Å². The molecule has 24 heavy (non-hydrogen) atoms. The summed E-state index contributed by atoms with van der Waals surface area (Å²) in [5, 5.41) is 7.33. The van der Waals surface area contributed by atoms with E-state index >= 15 is 0 Å². The third-order valence-corrected chi connectivity index (χ3v) is 3.96. The van der Waals surface area contributed by atoms with Gasteiger partial charge >= 0.3 is 0 Å². The number of para-hydroxylation sites is 1. The number of nitrogens with one attached hydrogen (secondary N) is 1. The zero-order chi connectivity index (χ0) is 17.3. The van der Waals surface area contributed by atoms with Crippen LogP contribution in [0.2, 0.25) is 5.02 Å². The van der Waals surface area contributed by atoms with E-state index in [1.165, 1.54) is 7.05 Å². The Balaban J connectivity index is 1.96. The number of aromatic nitrogens is 2. The Morgan fingerprint density at radius 1 is 1.17 bits per heavy atom. The lowest BCUT2D eigenvalue weighted by molar-refractivity contribution is 0.102.